The number of benzene rings is 2. The maximum absolute atomic E-state index is 13.0. The third-order valence-corrected chi connectivity index (χ3v) is 3.31. The highest BCUT2D eigenvalue weighted by atomic mass is 35.5. The molecule has 0 aliphatic heterocycles. The predicted molar refractivity (Wildman–Crippen MR) is 75.7 cm³/mol. The topological polar surface area (TPSA) is 43.1 Å². The third kappa shape index (κ3) is 2.84. The van der Waals surface area contributed by atoms with Crippen molar-refractivity contribution in [3.63, 3.8) is 0 Å². The summed E-state index contributed by atoms with van der Waals surface area (Å²) in [5, 5.41) is 0.552. The zero-order chi connectivity index (χ0) is 14.2. The summed E-state index contributed by atoms with van der Waals surface area (Å²) in [4.78, 5) is 12.3. The van der Waals surface area contributed by atoms with Gasteiger partial charge in [0.05, 0.1) is 15.6 Å². The van der Waals surface area contributed by atoms with Crippen molar-refractivity contribution >= 4 is 46.3 Å². The van der Waals surface area contributed by atoms with Gasteiger partial charge in [-0.2, -0.15) is 0 Å². The lowest BCUT2D eigenvalue weighted by molar-refractivity contribution is 0.104. The molecule has 2 aromatic carbocycles. The largest absolute Gasteiger partial charge is 0.398 e. The lowest BCUT2D eigenvalue weighted by Gasteiger charge is -2.09. The zero-order valence-corrected chi connectivity index (χ0v) is 11.7. The number of carbonyl (C=O) groups is 1. The molecule has 98 valence electrons. The van der Waals surface area contributed by atoms with Crippen LogP contribution in [0.5, 0.6) is 0 Å². The van der Waals surface area contributed by atoms with Crippen molar-refractivity contribution < 1.29 is 9.18 Å². The lowest BCUT2D eigenvalue weighted by Crippen LogP contribution is -2.07. The summed E-state index contributed by atoms with van der Waals surface area (Å²) in [6.45, 7) is 0. The lowest BCUT2D eigenvalue weighted by atomic mass is 10.0. The summed E-state index contributed by atoms with van der Waals surface area (Å²) < 4.78 is 13.0. The fourth-order valence-electron chi connectivity index (χ4n) is 1.63. The van der Waals surface area contributed by atoms with Gasteiger partial charge in [0.1, 0.15) is 5.82 Å². The van der Waals surface area contributed by atoms with Crippen molar-refractivity contribution in [2.24, 2.45) is 0 Å². The summed E-state index contributed by atoms with van der Waals surface area (Å²) in [5.41, 5.74) is 5.86. The number of halogens is 4. The first kappa shape index (κ1) is 14.1. The molecule has 6 heteroatoms. The van der Waals surface area contributed by atoms with Crippen LogP contribution < -0.4 is 5.73 Å². The molecule has 0 aromatic heterocycles. The van der Waals surface area contributed by atoms with Crippen molar-refractivity contribution in [2.45, 2.75) is 0 Å². The summed E-state index contributed by atoms with van der Waals surface area (Å²) in [6, 6.07) is 6.30. The van der Waals surface area contributed by atoms with Gasteiger partial charge in [0.2, 0.25) is 0 Å². The second-order valence-corrected chi connectivity index (χ2v) is 5.06. The maximum Gasteiger partial charge on any atom is 0.198 e. The molecule has 2 aromatic rings. The van der Waals surface area contributed by atoms with Gasteiger partial charge in [-0.05, 0) is 30.3 Å². The normalized spacial score (nSPS) is 10.5. The molecule has 0 radical (unpaired) electrons. The SMILES string of the molecule is Nc1cc(F)ccc1C(=O)c1c(Cl)cc(Cl)cc1Cl. The summed E-state index contributed by atoms with van der Waals surface area (Å²) in [5.74, 6) is -1.01. The Bertz CT molecular complexity index is 650. The number of rotatable bonds is 2. The van der Waals surface area contributed by atoms with Crippen molar-refractivity contribution in [2.75, 3.05) is 5.73 Å². The molecule has 0 atom stereocenters. The van der Waals surface area contributed by atoms with Crippen LogP contribution in [0.2, 0.25) is 15.1 Å². The second kappa shape index (κ2) is 5.37. The van der Waals surface area contributed by atoms with E-state index >= 15 is 0 Å². The van der Waals surface area contributed by atoms with E-state index < -0.39 is 11.6 Å². The first-order chi connectivity index (χ1) is 8.90. The third-order valence-electron chi connectivity index (χ3n) is 2.49. The highest BCUT2D eigenvalue weighted by molar-refractivity contribution is 6.43. The van der Waals surface area contributed by atoms with E-state index in [0.717, 1.165) is 12.1 Å². The summed E-state index contributed by atoms with van der Waals surface area (Å²) in [6.07, 6.45) is 0. The second-order valence-electron chi connectivity index (χ2n) is 3.81. The minimum absolute atomic E-state index is 0.0204. The van der Waals surface area contributed by atoms with Crippen molar-refractivity contribution in [3.8, 4) is 0 Å². The molecule has 0 unspecified atom stereocenters. The predicted octanol–water partition coefficient (Wildman–Crippen LogP) is 4.60. The summed E-state index contributed by atoms with van der Waals surface area (Å²) >= 11 is 17.7. The molecule has 0 saturated carbocycles. The van der Waals surface area contributed by atoms with Gasteiger partial charge in [-0.25, -0.2) is 4.39 Å². The average Bonchev–Trinajstić information content (AvgIpc) is 2.26. The highest BCUT2D eigenvalue weighted by Gasteiger charge is 2.19. The molecule has 2 N–H and O–H groups in total. The van der Waals surface area contributed by atoms with Gasteiger partial charge in [-0.15, -0.1) is 0 Å². The first-order valence-electron chi connectivity index (χ1n) is 5.14. The molecular weight excluding hydrogens is 312 g/mol. The standard InChI is InChI=1S/C13H7Cl3FNO/c14-6-3-9(15)12(10(16)4-6)13(19)8-2-1-7(17)5-11(8)18/h1-5H,18H2. The number of carbonyl (C=O) groups excluding carboxylic acids is 1. The molecule has 2 nitrogen and oxygen atoms in total. The monoisotopic (exact) mass is 317 g/mol. The molecule has 0 aliphatic rings. The van der Waals surface area contributed by atoms with E-state index in [1.807, 2.05) is 0 Å². The van der Waals surface area contributed by atoms with Gasteiger partial charge in [-0.3, -0.25) is 4.79 Å². The minimum Gasteiger partial charge on any atom is -0.398 e. The Morgan fingerprint density at radius 3 is 2.16 bits per heavy atom. The van der Waals surface area contributed by atoms with E-state index in [1.54, 1.807) is 0 Å². The van der Waals surface area contributed by atoms with E-state index in [9.17, 15) is 9.18 Å². The molecular formula is C13H7Cl3FNO. The fraction of sp³-hybridized carbons (Fsp3) is 0. The van der Waals surface area contributed by atoms with E-state index in [0.29, 0.717) is 5.02 Å². The van der Waals surface area contributed by atoms with Gasteiger partial charge in [-0.1, -0.05) is 34.8 Å². The first-order valence-corrected chi connectivity index (χ1v) is 6.28. The smallest absolute Gasteiger partial charge is 0.198 e. The van der Waals surface area contributed by atoms with Crippen molar-refractivity contribution in [3.05, 3.63) is 62.3 Å². The number of hydrogen-bond donors (Lipinski definition) is 1. The van der Waals surface area contributed by atoms with Crippen LogP contribution >= 0.6 is 34.8 Å². The van der Waals surface area contributed by atoms with E-state index in [1.165, 1.54) is 18.2 Å². The molecule has 0 aliphatic carbocycles. The zero-order valence-electron chi connectivity index (χ0n) is 9.38. The quantitative estimate of drug-likeness (QED) is 0.649. The van der Waals surface area contributed by atoms with Crippen LogP contribution in [-0.4, -0.2) is 5.78 Å². The maximum atomic E-state index is 13.0. The number of ketones is 1. The van der Waals surface area contributed by atoms with Gasteiger partial charge in [0.15, 0.2) is 5.78 Å². The van der Waals surface area contributed by atoms with E-state index in [2.05, 4.69) is 0 Å². The minimum atomic E-state index is -0.526. The molecule has 0 heterocycles. The molecule has 0 amide bonds. The fourth-order valence-corrected chi connectivity index (χ4v) is 2.62. The van der Waals surface area contributed by atoms with Gasteiger partial charge >= 0.3 is 0 Å². The van der Waals surface area contributed by atoms with E-state index in [4.69, 9.17) is 40.5 Å². The van der Waals surface area contributed by atoms with Crippen molar-refractivity contribution in [1.82, 2.24) is 0 Å². The molecule has 0 bridgehead atoms. The van der Waals surface area contributed by atoms with Crippen LogP contribution in [-0.2, 0) is 0 Å². The molecule has 2 rings (SSSR count). The Balaban J connectivity index is 2.56. The number of hydrogen-bond acceptors (Lipinski definition) is 2. The van der Waals surface area contributed by atoms with Gasteiger partial charge < -0.3 is 5.73 Å². The van der Waals surface area contributed by atoms with Crippen LogP contribution in [0.15, 0.2) is 30.3 Å². The van der Waals surface area contributed by atoms with Crippen molar-refractivity contribution in [1.29, 1.82) is 0 Å². The average molecular weight is 319 g/mol. The Morgan fingerprint density at radius 2 is 1.63 bits per heavy atom. The Kier molecular flexibility index (Phi) is 3.99. The van der Waals surface area contributed by atoms with Gasteiger partial charge in [0, 0.05) is 16.3 Å². The molecule has 0 fully saturated rings. The van der Waals surface area contributed by atoms with Crippen LogP contribution in [0.3, 0.4) is 0 Å². The number of nitrogens with two attached hydrogens (primary N) is 1. The molecule has 0 saturated heterocycles. The number of nitrogen functional groups attached to an aromatic ring is 1. The van der Waals surface area contributed by atoms with Gasteiger partial charge in [0.25, 0.3) is 0 Å². The Labute approximate surface area is 123 Å². The Morgan fingerprint density at radius 1 is 1.05 bits per heavy atom. The van der Waals surface area contributed by atoms with Crippen LogP contribution in [0.1, 0.15) is 15.9 Å². The highest BCUT2D eigenvalue weighted by Crippen LogP contribution is 2.32. The molecule has 0 spiro atoms. The van der Waals surface area contributed by atoms with Crippen LogP contribution in [0.25, 0.3) is 0 Å². The van der Waals surface area contributed by atoms with Crippen LogP contribution in [0, 0.1) is 5.82 Å². The van der Waals surface area contributed by atoms with Crippen LogP contribution in [0.4, 0.5) is 10.1 Å². The van der Waals surface area contributed by atoms with E-state index in [-0.39, 0.29) is 26.9 Å². The number of anilines is 1. The summed E-state index contributed by atoms with van der Waals surface area (Å²) in [7, 11) is 0. The molecule has 19 heavy (non-hydrogen) atoms. The Hall–Kier alpha value is -1.29.